The number of hydrogen-bond acceptors (Lipinski definition) is 7. The number of carbonyl (C=O) groups excluding carboxylic acids is 3. The normalized spacial score (nSPS) is 23.3. The van der Waals surface area contributed by atoms with Crippen LogP contribution in [0.2, 0.25) is 5.02 Å². The van der Waals surface area contributed by atoms with Crippen molar-refractivity contribution in [3.63, 3.8) is 0 Å². The molecule has 4 atom stereocenters. The highest BCUT2D eigenvalue weighted by atomic mass is 35.5. The van der Waals surface area contributed by atoms with Gasteiger partial charge in [-0.25, -0.2) is 4.79 Å². The van der Waals surface area contributed by atoms with E-state index in [1.807, 2.05) is 6.07 Å². The number of benzene rings is 1. The molecule has 2 saturated carbocycles. The van der Waals surface area contributed by atoms with Gasteiger partial charge in [-0.3, -0.25) is 14.1 Å². The number of nitrogens with one attached hydrogen (secondary N) is 3. The molecule has 3 amide bonds. The van der Waals surface area contributed by atoms with Gasteiger partial charge >= 0.3 is 6.09 Å². The van der Waals surface area contributed by atoms with Crippen LogP contribution in [-0.4, -0.2) is 60.0 Å². The van der Waals surface area contributed by atoms with Gasteiger partial charge in [0.05, 0.1) is 6.04 Å². The molecule has 0 bridgehead atoms. The first-order chi connectivity index (χ1) is 18.5. The van der Waals surface area contributed by atoms with Crippen LogP contribution in [0, 0.1) is 11.8 Å². The third-order valence-electron chi connectivity index (χ3n) is 7.92. The van der Waals surface area contributed by atoms with E-state index in [1.54, 1.807) is 18.2 Å². The van der Waals surface area contributed by atoms with Crippen molar-refractivity contribution in [2.24, 2.45) is 11.8 Å². The van der Waals surface area contributed by atoms with Gasteiger partial charge in [0.1, 0.15) is 11.6 Å². The van der Waals surface area contributed by atoms with Gasteiger partial charge in [-0.2, -0.15) is 8.42 Å². The average Bonchev–Trinajstić information content (AvgIpc) is 3.56. The van der Waals surface area contributed by atoms with E-state index in [-0.39, 0.29) is 18.2 Å². The number of carbonyl (C=O) groups is 3. The highest BCUT2D eigenvalue weighted by Gasteiger charge is 2.49. The maximum Gasteiger partial charge on any atom is 0.408 e. The van der Waals surface area contributed by atoms with Gasteiger partial charge in [0.15, 0.2) is 0 Å². The van der Waals surface area contributed by atoms with Crippen LogP contribution in [0.3, 0.4) is 0 Å². The van der Waals surface area contributed by atoms with Crippen molar-refractivity contribution in [2.75, 3.05) is 6.54 Å². The van der Waals surface area contributed by atoms with E-state index in [0.29, 0.717) is 37.3 Å². The molecule has 2 aliphatic carbocycles. The highest BCUT2D eigenvalue weighted by Crippen LogP contribution is 2.49. The van der Waals surface area contributed by atoms with Crippen LogP contribution in [0.25, 0.3) is 0 Å². The fourth-order valence-corrected chi connectivity index (χ4v) is 6.37. The summed E-state index contributed by atoms with van der Waals surface area (Å²) < 4.78 is 38.8. The van der Waals surface area contributed by atoms with Gasteiger partial charge < -0.3 is 25.8 Å². The summed E-state index contributed by atoms with van der Waals surface area (Å²) in [5, 5.41) is 18.6. The Morgan fingerprint density at radius 3 is 2.44 bits per heavy atom. The standard InChI is InChI=1S/C26H36ClN3O8S/c27-19-8-4-7-18(15-19)26(10-11-26)38-25(34)30-20(13-16-5-2-1-3-6-16)23(32)29-21(24(33)39(35,36)37)14-17-9-12-28-22(17)31/h4,7-8,15-17,20-21,24,33H,1-3,5-6,9-14H2,(H,28,31)(H,29,32)(H,30,34)(H,35,36,37)/t17-,20-,21-,24?/m0/s1. The average molecular weight is 586 g/mol. The largest absolute Gasteiger partial charge is 0.438 e. The molecule has 1 aromatic rings. The minimum absolute atomic E-state index is 0.156. The molecule has 39 heavy (non-hydrogen) atoms. The van der Waals surface area contributed by atoms with Gasteiger partial charge in [0.25, 0.3) is 10.1 Å². The number of halogens is 1. The second-order valence-corrected chi connectivity index (χ2v) is 12.8. The van der Waals surface area contributed by atoms with Crippen LogP contribution >= 0.6 is 11.6 Å². The topological polar surface area (TPSA) is 171 Å². The highest BCUT2D eigenvalue weighted by molar-refractivity contribution is 7.86. The molecule has 0 radical (unpaired) electrons. The maximum absolute atomic E-state index is 13.5. The molecule has 0 spiro atoms. The fraction of sp³-hybridized carbons (Fsp3) is 0.654. The molecule has 1 aromatic carbocycles. The Labute approximate surface area is 233 Å². The van der Waals surface area contributed by atoms with Gasteiger partial charge in [-0.05, 0) is 55.7 Å². The predicted molar refractivity (Wildman–Crippen MR) is 142 cm³/mol. The molecule has 3 aliphatic rings. The summed E-state index contributed by atoms with van der Waals surface area (Å²) in [6, 6.07) is 4.49. The second-order valence-electron chi connectivity index (χ2n) is 10.9. The number of aliphatic hydroxyl groups excluding tert-OH is 1. The fourth-order valence-electron chi connectivity index (χ4n) is 5.59. The van der Waals surface area contributed by atoms with E-state index in [2.05, 4.69) is 16.0 Å². The van der Waals surface area contributed by atoms with E-state index in [0.717, 1.165) is 37.7 Å². The number of amides is 3. The number of rotatable bonds is 11. The van der Waals surface area contributed by atoms with Crippen molar-refractivity contribution in [1.82, 2.24) is 16.0 Å². The molecular formula is C26H36ClN3O8S. The second kappa shape index (κ2) is 12.4. The lowest BCUT2D eigenvalue weighted by molar-refractivity contribution is -0.126. The number of hydrogen-bond donors (Lipinski definition) is 5. The molecule has 216 valence electrons. The van der Waals surface area contributed by atoms with E-state index in [4.69, 9.17) is 16.3 Å². The van der Waals surface area contributed by atoms with E-state index < -0.39 is 51.2 Å². The zero-order valence-electron chi connectivity index (χ0n) is 21.6. The van der Waals surface area contributed by atoms with Crippen molar-refractivity contribution in [1.29, 1.82) is 0 Å². The third kappa shape index (κ3) is 7.84. The van der Waals surface area contributed by atoms with Crippen molar-refractivity contribution in [3.8, 4) is 0 Å². The monoisotopic (exact) mass is 585 g/mol. The molecule has 3 fully saturated rings. The molecule has 11 nitrogen and oxygen atoms in total. The lowest BCUT2D eigenvalue weighted by Crippen LogP contribution is -2.55. The van der Waals surface area contributed by atoms with Crippen molar-refractivity contribution >= 4 is 39.6 Å². The van der Waals surface area contributed by atoms with Gasteiger partial charge in [-0.1, -0.05) is 55.8 Å². The van der Waals surface area contributed by atoms with Crippen LogP contribution in [0.5, 0.6) is 0 Å². The first-order valence-electron chi connectivity index (χ1n) is 13.4. The summed E-state index contributed by atoms with van der Waals surface area (Å²) in [5.41, 5.74) is -2.42. The third-order valence-corrected chi connectivity index (χ3v) is 9.10. The number of ether oxygens (including phenoxy) is 1. The Bertz CT molecular complexity index is 1170. The van der Waals surface area contributed by atoms with E-state index in [1.165, 1.54) is 0 Å². The van der Waals surface area contributed by atoms with Crippen molar-refractivity contribution in [3.05, 3.63) is 34.9 Å². The molecule has 1 aliphatic heterocycles. The molecule has 5 N–H and O–H groups in total. The zero-order chi connectivity index (χ0) is 28.2. The minimum atomic E-state index is -4.95. The Kier molecular flexibility index (Phi) is 9.41. The Hall–Kier alpha value is -2.41. The van der Waals surface area contributed by atoms with Crippen molar-refractivity contribution in [2.45, 2.75) is 87.3 Å². The van der Waals surface area contributed by atoms with Gasteiger partial charge in [0, 0.05) is 17.5 Å². The van der Waals surface area contributed by atoms with Crippen LogP contribution < -0.4 is 16.0 Å². The number of aliphatic hydroxyl groups is 1. The predicted octanol–water partition coefficient (Wildman–Crippen LogP) is 2.61. The van der Waals surface area contributed by atoms with Crippen LogP contribution in [0.15, 0.2) is 24.3 Å². The molecular weight excluding hydrogens is 550 g/mol. The van der Waals surface area contributed by atoms with Gasteiger partial charge in [-0.15, -0.1) is 0 Å². The SMILES string of the molecule is O=C(N[C@@H](CC1CCCCC1)C(=O)N[C@@H](C[C@@H]1CCNC1=O)C(O)S(=O)(=O)O)OC1(c2cccc(Cl)c2)CC1. The smallest absolute Gasteiger partial charge is 0.408 e. The number of alkyl carbamates (subject to hydrolysis) is 1. The molecule has 1 unspecified atom stereocenters. The Morgan fingerprint density at radius 1 is 1.13 bits per heavy atom. The quantitative estimate of drug-likeness (QED) is 0.247. The van der Waals surface area contributed by atoms with E-state index >= 15 is 0 Å². The first kappa shape index (κ1) is 29.6. The van der Waals surface area contributed by atoms with Gasteiger partial charge in [0.2, 0.25) is 17.3 Å². The summed E-state index contributed by atoms with van der Waals surface area (Å²) in [7, 11) is -4.95. The Morgan fingerprint density at radius 2 is 1.85 bits per heavy atom. The summed E-state index contributed by atoms with van der Waals surface area (Å²) in [4.78, 5) is 38.6. The Balaban J connectivity index is 1.48. The lowest BCUT2D eigenvalue weighted by atomic mass is 9.84. The lowest BCUT2D eigenvalue weighted by Gasteiger charge is -2.30. The maximum atomic E-state index is 13.5. The van der Waals surface area contributed by atoms with Crippen LogP contribution in [0.1, 0.15) is 69.8 Å². The summed E-state index contributed by atoms with van der Waals surface area (Å²) in [6.45, 7) is 0.387. The molecule has 1 heterocycles. The molecule has 0 aromatic heterocycles. The van der Waals surface area contributed by atoms with Crippen LogP contribution in [-0.2, 0) is 30.0 Å². The summed E-state index contributed by atoms with van der Waals surface area (Å²) in [5.74, 6) is -1.54. The van der Waals surface area contributed by atoms with E-state index in [9.17, 15) is 32.5 Å². The zero-order valence-corrected chi connectivity index (χ0v) is 23.2. The first-order valence-corrected chi connectivity index (χ1v) is 15.3. The summed E-state index contributed by atoms with van der Waals surface area (Å²) >= 11 is 6.11. The molecule has 4 rings (SSSR count). The summed E-state index contributed by atoms with van der Waals surface area (Å²) in [6.07, 6.45) is 5.76. The molecule has 1 saturated heterocycles. The molecule has 13 heteroatoms. The van der Waals surface area contributed by atoms with Crippen LogP contribution in [0.4, 0.5) is 4.79 Å². The minimum Gasteiger partial charge on any atom is -0.438 e. The van der Waals surface area contributed by atoms with Crippen molar-refractivity contribution < 1.29 is 37.2 Å².